The van der Waals surface area contributed by atoms with E-state index in [4.69, 9.17) is 25.8 Å². The summed E-state index contributed by atoms with van der Waals surface area (Å²) in [6.07, 6.45) is 0.804. The molecule has 0 atom stereocenters. The van der Waals surface area contributed by atoms with E-state index in [1.54, 1.807) is 0 Å². The fourth-order valence-electron chi connectivity index (χ4n) is 2.95. The van der Waals surface area contributed by atoms with Crippen molar-refractivity contribution in [1.29, 1.82) is 0 Å². The number of nitrogens with one attached hydrogen (secondary N) is 1. The van der Waals surface area contributed by atoms with Gasteiger partial charge in [0.2, 0.25) is 0 Å². The largest absolute Gasteiger partial charge is 0.493 e. The van der Waals surface area contributed by atoms with Gasteiger partial charge in [-0.15, -0.1) is 0 Å². The molecule has 1 N–H and O–H groups in total. The topological polar surface area (TPSA) is 73.9 Å². The molecule has 1 amide bonds. The quantitative estimate of drug-likeness (QED) is 0.618. The van der Waals surface area contributed by atoms with E-state index in [1.165, 1.54) is 19.2 Å². The molecular weight excluding hydrogens is 394 g/mol. The van der Waals surface area contributed by atoms with Crippen molar-refractivity contribution in [2.24, 2.45) is 0 Å². The van der Waals surface area contributed by atoms with Crippen LogP contribution in [0.4, 0.5) is 5.69 Å². The first-order valence-electron chi connectivity index (χ1n) is 9.32. The highest BCUT2D eigenvalue weighted by Gasteiger charge is 2.18. The van der Waals surface area contributed by atoms with E-state index in [1.807, 2.05) is 39.8 Å². The maximum absolute atomic E-state index is 12.4. The molecule has 0 aliphatic rings. The van der Waals surface area contributed by atoms with Gasteiger partial charge >= 0.3 is 5.97 Å². The van der Waals surface area contributed by atoms with E-state index in [9.17, 15) is 9.59 Å². The maximum Gasteiger partial charge on any atom is 0.338 e. The predicted molar refractivity (Wildman–Crippen MR) is 113 cm³/mol. The second-order valence-corrected chi connectivity index (χ2v) is 7.14. The average Bonchev–Trinajstić information content (AvgIpc) is 2.67. The van der Waals surface area contributed by atoms with Gasteiger partial charge in [-0.25, -0.2) is 4.79 Å². The van der Waals surface area contributed by atoms with Crippen molar-refractivity contribution in [3.63, 3.8) is 0 Å². The first kappa shape index (κ1) is 22.6. The monoisotopic (exact) mass is 419 g/mol. The van der Waals surface area contributed by atoms with Crippen LogP contribution in [0.1, 0.15) is 40.4 Å². The minimum absolute atomic E-state index is 0.172. The smallest absolute Gasteiger partial charge is 0.338 e. The molecule has 0 aliphatic heterocycles. The van der Waals surface area contributed by atoms with Crippen molar-refractivity contribution in [2.75, 3.05) is 25.6 Å². The Morgan fingerprint density at radius 1 is 1.07 bits per heavy atom. The molecular formula is C22H26ClNO5. The summed E-state index contributed by atoms with van der Waals surface area (Å²) < 4.78 is 16.0. The van der Waals surface area contributed by atoms with Crippen molar-refractivity contribution in [2.45, 2.75) is 34.1 Å². The lowest BCUT2D eigenvalue weighted by molar-refractivity contribution is -0.119. The minimum Gasteiger partial charge on any atom is -0.493 e. The van der Waals surface area contributed by atoms with Crippen LogP contribution in [0, 0.1) is 20.8 Å². The summed E-state index contributed by atoms with van der Waals surface area (Å²) in [5.41, 5.74) is 3.90. The van der Waals surface area contributed by atoms with Crippen molar-refractivity contribution >= 4 is 29.2 Å². The molecule has 0 spiro atoms. The lowest BCUT2D eigenvalue weighted by Gasteiger charge is -2.14. The Hall–Kier alpha value is -2.73. The van der Waals surface area contributed by atoms with Gasteiger partial charge in [0.1, 0.15) is 0 Å². The number of hydrogen-bond donors (Lipinski definition) is 1. The number of carbonyl (C=O) groups is 2. The average molecular weight is 420 g/mol. The molecule has 0 aromatic heterocycles. The van der Waals surface area contributed by atoms with Gasteiger partial charge < -0.3 is 19.5 Å². The molecule has 6 nitrogen and oxygen atoms in total. The lowest BCUT2D eigenvalue weighted by atomic mass is 10.1. The minimum atomic E-state index is -0.681. The summed E-state index contributed by atoms with van der Waals surface area (Å²) >= 11 is 6.22. The molecule has 0 fully saturated rings. The zero-order chi connectivity index (χ0) is 21.6. The maximum atomic E-state index is 12.4. The third-order valence-electron chi connectivity index (χ3n) is 4.19. The van der Waals surface area contributed by atoms with E-state index in [-0.39, 0.29) is 10.6 Å². The van der Waals surface area contributed by atoms with Crippen LogP contribution < -0.4 is 14.8 Å². The Morgan fingerprint density at radius 2 is 1.72 bits per heavy atom. The number of anilines is 1. The number of halogens is 1. The molecule has 2 rings (SSSR count). The van der Waals surface area contributed by atoms with Crippen molar-refractivity contribution in [3.8, 4) is 11.5 Å². The zero-order valence-electron chi connectivity index (χ0n) is 17.3. The number of amides is 1. The van der Waals surface area contributed by atoms with Crippen LogP contribution in [0.25, 0.3) is 0 Å². The van der Waals surface area contributed by atoms with Crippen molar-refractivity contribution in [1.82, 2.24) is 0 Å². The molecule has 2 aromatic carbocycles. The van der Waals surface area contributed by atoms with Gasteiger partial charge in [-0.2, -0.15) is 0 Å². The summed E-state index contributed by atoms with van der Waals surface area (Å²) in [5, 5.41) is 3.03. The SMILES string of the molecule is CCCOc1c(Cl)cc(C(=O)OCC(=O)Nc2c(C)cc(C)cc2C)cc1OC. The molecule has 0 saturated heterocycles. The van der Waals surface area contributed by atoms with E-state index >= 15 is 0 Å². The molecule has 0 bridgehead atoms. The van der Waals surface area contributed by atoms with Crippen molar-refractivity contribution in [3.05, 3.63) is 51.5 Å². The van der Waals surface area contributed by atoms with Crippen LogP contribution in [0.5, 0.6) is 11.5 Å². The van der Waals surface area contributed by atoms with E-state index in [0.29, 0.717) is 18.1 Å². The van der Waals surface area contributed by atoms with E-state index in [2.05, 4.69) is 5.32 Å². The number of aryl methyl sites for hydroxylation is 3. The number of carbonyl (C=O) groups excluding carboxylic acids is 2. The first-order chi connectivity index (χ1) is 13.8. The molecule has 2 aromatic rings. The van der Waals surface area contributed by atoms with Crippen molar-refractivity contribution < 1.29 is 23.8 Å². The van der Waals surface area contributed by atoms with Gasteiger partial charge in [0.25, 0.3) is 5.91 Å². The van der Waals surface area contributed by atoms with E-state index < -0.39 is 18.5 Å². The molecule has 0 saturated carbocycles. The van der Waals surface area contributed by atoms with Crippen LogP contribution >= 0.6 is 11.6 Å². The highest BCUT2D eigenvalue weighted by molar-refractivity contribution is 6.32. The molecule has 0 radical (unpaired) electrons. The van der Waals surface area contributed by atoms with Gasteiger partial charge in [-0.05, 0) is 50.5 Å². The molecule has 29 heavy (non-hydrogen) atoms. The van der Waals surface area contributed by atoms with Crippen LogP contribution in [0.3, 0.4) is 0 Å². The van der Waals surface area contributed by atoms with Gasteiger partial charge in [-0.3, -0.25) is 4.79 Å². The second kappa shape index (κ2) is 10.2. The van der Waals surface area contributed by atoms with Crippen LogP contribution in [0.2, 0.25) is 5.02 Å². The first-order valence-corrected chi connectivity index (χ1v) is 9.69. The highest BCUT2D eigenvalue weighted by atomic mass is 35.5. The van der Waals surface area contributed by atoms with Gasteiger partial charge in [0, 0.05) is 5.69 Å². The van der Waals surface area contributed by atoms with E-state index in [0.717, 1.165) is 28.8 Å². The number of rotatable bonds is 8. The van der Waals surface area contributed by atoms with Crippen LogP contribution in [0.15, 0.2) is 24.3 Å². The Balaban J connectivity index is 2.05. The molecule has 0 aliphatic carbocycles. The zero-order valence-corrected chi connectivity index (χ0v) is 18.1. The van der Waals surface area contributed by atoms with Gasteiger partial charge in [0.15, 0.2) is 18.1 Å². The number of hydrogen-bond acceptors (Lipinski definition) is 5. The number of esters is 1. The summed E-state index contributed by atoms with van der Waals surface area (Å²) in [6.45, 7) is 7.84. The molecule has 0 heterocycles. The van der Waals surface area contributed by atoms with Crippen LogP contribution in [-0.4, -0.2) is 32.2 Å². The number of ether oxygens (including phenoxy) is 3. The fraction of sp³-hybridized carbons (Fsp3) is 0.364. The third-order valence-corrected chi connectivity index (χ3v) is 4.47. The van der Waals surface area contributed by atoms with Crippen LogP contribution in [-0.2, 0) is 9.53 Å². The summed E-state index contributed by atoms with van der Waals surface area (Å²) in [4.78, 5) is 24.6. The van der Waals surface area contributed by atoms with Gasteiger partial charge in [0.05, 0.1) is 24.3 Å². The summed E-state index contributed by atoms with van der Waals surface area (Å²) in [7, 11) is 1.46. The second-order valence-electron chi connectivity index (χ2n) is 6.74. The predicted octanol–water partition coefficient (Wildman–Crippen LogP) is 4.86. The number of methoxy groups -OCH3 is 1. The number of benzene rings is 2. The lowest BCUT2D eigenvalue weighted by Crippen LogP contribution is -2.22. The summed E-state index contributed by atoms with van der Waals surface area (Å²) in [5.74, 6) is -0.405. The summed E-state index contributed by atoms with van der Waals surface area (Å²) in [6, 6.07) is 6.87. The fourth-order valence-corrected chi connectivity index (χ4v) is 3.21. The molecule has 156 valence electrons. The third kappa shape index (κ3) is 5.87. The normalized spacial score (nSPS) is 10.4. The Kier molecular flexibility index (Phi) is 7.91. The molecule has 7 heteroatoms. The Morgan fingerprint density at radius 3 is 2.31 bits per heavy atom. The standard InChI is InChI=1S/C22H26ClNO5/c1-6-7-28-21-17(23)10-16(11-18(21)27-5)22(26)29-12-19(25)24-20-14(3)8-13(2)9-15(20)4/h8-11H,6-7,12H2,1-5H3,(H,24,25). The Bertz CT molecular complexity index is 887. The van der Waals surface area contributed by atoms with Gasteiger partial charge in [-0.1, -0.05) is 36.2 Å². The molecule has 0 unspecified atom stereocenters. The highest BCUT2D eigenvalue weighted by Crippen LogP contribution is 2.36. The Labute approximate surface area is 176 Å².